The van der Waals surface area contributed by atoms with Gasteiger partial charge in [-0.05, 0) is 54.8 Å². The van der Waals surface area contributed by atoms with E-state index in [4.69, 9.17) is 11.6 Å². The van der Waals surface area contributed by atoms with Crippen LogP contribution in [0.3, 0.4) is 0 Å². The van der Waals surface area contributed by atoms with Gasteiger partial charge in [-0.25, -0.2) is 4.68 Å². The Kier molecular flexibility index (Phi) is 4.46. The smallest absolute Gasteiger partial charge is 0.314 e. The summed E-state index contributed by atoms with van der Waals surface area (Å²) in [7, 11) is 0. The number of nitrogens with zero attached hydrogens (tertiary/aromatic N) is 3. The van der Waals surface area contributed by atoms with Gasteiger partial charge in [0.25, 0.3) is 0 Å². The molecule has 0 fully saturated rings. The zero-order valence-electron chi connectivity index (χ0n) is 14.0. The first kappa shape index (κ1) is 17.4. The van der Waals surface area contributed by atoms with Crippen LogP contribution in [0, 0.1) is 6.92 Å². The lowest BCUT2D eigenvalue weighted by Gasteiger charge is -2.11. The molecule has 0 radical (unpaired) electrons. The van der Waals surface area contributed by atoms with Gasteiger partial charge in [0.1, 0.15) is 0 Å². The Balaban J connectivity index is 1.59. The van der Waals surface area contributed by atoms with Gasteiger partial charge >= 0.3 is 11.1 Å². The Labute approximate surface area is 161 Å². The number of fused-ring (bicyclic) bond motifs is 1. The van der Waals surface area contributed by atoms with Crippen LogP contribution >= 0.6 is 23.5 Å². The molecule has 0 atom stereocenters. The van der Waals surface area contributed by atoms with Gasteiger partial charge in [0.15, 0.2) is 0 Å². The predicted octanol–water partition coefficient (Wildman–Crippen LogP) is 2.88. The predicted molar refractivity (Wildman–Crippen MR) is 106 cm³/mol. The molecule has 2 aromatic heterocycles. The van der Waals surface area contributed by atoms with Crippen molar-refractivity contribution < 1.29 is 0 Å². The number of hydrogen-bond donors (Lipinski definition) is 3. The molecule has 4 rings (SSSR count). The van der Waals surface area contributed by atoms with E-state index in [1.165, 1.54) is 11.9 Å². The van der Waals surface area contributed by atoms with Crippen LogP contribution in [-0.4, -0.2) is 25.0 Å². The minimum Gasteiger partial charge on any atom is -0.326 e. The third kappa shape index (κ3) is 3.46. The molecule has 3 N–H and O–H groups in total. The molecule has 4 aromatic rings. The van der Waals surface area contributed by atoms with Crippen molar-refractivity contribution in [3.8, 4) is 5.69 Å². The summed E-state index contributed by atoms with van der Waals surface area (Å²) in [6.45, 7) is 1.92. The van der Waals surface area contributed by atoms with Crippen LogP contribution < -0.4 is 15.8 Å². The topological polar surface area (TPSA) is 108 Å². The molecule has 0 saturated heterocycles. The van der Waals surface area contributed by atoms with Crippen LogP contribution in [0.2, 0.25) is 5.02 Å². The summed E-state index contributed by atoms with van der Waals surface area (Å²) < 4.78 is 4.82. The van der Waals surface area contributed by atoms with Gasteiger partial charge in [-0.2, -0.15) is 0 Å². The molecule has 10 heteroatoms. The van der Waals surface area contributed by atoms with Crippen LogP contribution in [0.1, 0.15) is 5.56 Å². The number of H-pyrrole nitrogens is 2. The van der Waals surface area contributed by atoms with Crippen LogP contribution in [0.5, 0.6) is 0 Å². The van der Waals surface area contributed by atoms with Crippen LogP contribution in [-0.2, 0) is 0 Å². The number of aromatic nitrogens is 5. The molecule has 0 bridgehead atoms. The third-order valence-electron chi connectivity index (χ3n) is 3.91. The number of nitrogens with one attached hydrogen (secondary N) is 3. The number of rotatable bonds is 4. The minimum atomic E-state index is -0.675. The molecule has 0 aliphatic carbocycles. The minimum absolute atomic E-state index is 0.531. The van der Waals surface area contributed by atoms with Crippen LogP contribution in [0.15, 0.2) is 57.2 Å². The lowest BCUT2D eigenvalue weighted by atomic mass is 10.2. The molecule has 136 valence electrons. The fourth-order valence-corrected chi connectivity index (χ4v) is 3.59. The van der Waals surface area contributed by atoms with Crippen molar-refractivity contribution in [1.82, 2.24) is 25.0 Å². The molecule has 0 spiro atoms. The normalized spacial score (nSPS) is 11.0. The van der Waals surface area contributed by atoms with Crippen LogP contribution in [0.4, 0.5) is 5.69 Å². The summed E-state index contributed by atoms with van der Waals surface area (Å²) >= 11 is 7.71. The molecular weight excluding hydrogens is 388 g/mol. The highest BCUT2D eigenvalue weighted by Gasteiger charge is 2.08. The third-order valence-corrected chi connectivity index (χ3v) is 5.21. The zero-order valence-corrected chi connectivity index (χ0v) is 15.6. The molecule has 0 aliphatic heterocycles. The Morgan fingerprint density at radius 2 is 1.85 bits per heavy atom. The number of aryl methyl sites for hydroxylation is 1. The summed E-state index contributed by atoms with van der Waals surface area (Å²) in [5.74, 6) is 0. The van der Waals surface area contributed by atoms with E-state index in [9.17, 15) is 9.59 Å². The van der Waals surface area contributed by atoms with E-state index in [0.717, 1.165) is 21.8 Å². The standard InChI is InChI=1S/C17H13ClN6O2S/c1-9-6-12-13(21-17(26)16(25)20-12)8-15(9)27-22-10-2-3-14(11(18)7-10)24-5-4-19-23-24/h2-8,22H,1H3,(H,20,25)(H,21,26). The monoisotopic (exact) mass is 400 g/mol. The van der Waals surface area contributed by atoms with E-state index in [1.807, 2.05) is 31.2 Å². The van der Waals surface area contributed by atoms with Crippen molar-refractivity contribution in [1.29, 1.82) is 0 Å². The fourth-order valence-electron chi connectivity index (χ4n) is 2.57. The lowest BCUT2D eigenvalue weighted by Crippen LogP contribution is -2.28. The molecule has 27 heavy (non-hydrogen) atoms. The van der Waals surface area contributed by atoms with Crippen molar-refractivity contribution in [2.75, 3.05) is 4.72 Å². The Morgan fingerprint density at radius 1 is 1.11 bits per heavy atom. The van der Waals surface area contributed by atoms with E-state index < -0.39 is 11.1 Å². The highest BCUT2D eigenvalue weighted by atomic mass is 35.5. The number of hydrogen-bond acceptors (Lipinski definition) is 6. The van der Waals surface area contributed by atoms with Crippen LogP contribution in [0.25, 0.3) is 16.7 Å². The van der Waals surface area contributed by atoms with Crippen molar-refractivity contribution in [2.45, 2.75) is 11.8 Å². The van der Waals surface area contributed by atoms with Crippen molar-refractivity contribution in [3.63, 3.8) is 0 Å². The van der Waals surface area contributed by atoms with Gasteiger partial charge in [-0.1, -0.05) is 16.8 Å². The Morgan fingerprint density at radius 3 is 2.52 bits per heavy atom. The number of halogens is 1. The van der Waals surface area contributed by atoms with E-state index in [0.29, 0.717) is 16.1 Å². The molecule has 8 nitrogen and oxygen atoms in total. The maximum atomic E-state index is 11.5. The summed E-state index contributed by atoms with van der Waals surface area (Å²) in [6, 6.07) is 9.14. The highest BCUT2D eigenvalue weighted by Crippen LogP contribution is 2.29. The quantitative estimate of drug-likeness (QED) is 0.359. The second-order valence-corrected chi connectivity index (χ2v) is 7.04. The molecule has 0 saturated carbocycles. The van der Waals surface area contributed by atoms with E-state index in [-0.39, 0.29) is 0 Å². The van der Waals surface area contributed by atoms with E-state index in [2.05, 4.69) is 25.0 Å². The molecule has 0 unspecified atom stereocenters. The lowest BCUT2D eigenvalue weighted by molar-refractivity contribution is 0.803. The van der Waals surface area contributed by atoms with E-state index in [1.54, 1.807) is 23.1 Å². The second kappa shape index (κ2) is 6.93. The molecular formula is C17H13ClN6O2S. The second-order valence-electron chi connectivity index (χ2n) is 5.79. The Bertz CT molecular complexity index is 1250. The fraction of sp³-hybridized carbons (Fsp3) is 0.0588. The number of anilines is 1. The first-order chi connectivity index (χ1) is 13.0. The summed E-state index contributed by atoms with van der Waals surface area (Å²) in [4.78, 5) is 29.0. The SMILES string of the molecule is Cc1cc2[nH]c(=O)c(=O)[nH]c2cc1SNc1ccc(-n2ccnn2)c(Cl)c1. The first-order valence-corrected chi connectivity index (χ1v) is 9.07. The molecule has 0 aliphatic rings. The van der Waals surface area contributed by atoms with Gasteiger partial charge in [-0.15, -0.1) is 5.10 Å². The molecule has 2 aromatic carbocycles. The number of benzene rings is 2. The van der Waals surface area contributed by atoms with E-state index >= 15 is 0 Å². The summed E-state index contributed by atoms with van der Waals surface area (Å²) in [5.41, 5.74) is 2.30. The van der Waals surface area contributed by atoms with Crippen molar-refractivity contribution in [3.05, 3.63) is 74.0 Å². The zero-order chi connectivity index (χ0) is 19.0. The average Bonchev–Trinajstić information content (AvgIpc) is 3.16. The average molecular weight is 401 g/mol. The first-order valence-electron chi connectivity index (χ1n) is 7.87. The maximum Gasteiger partial charge on any atom is 0.314 e. The van der Waals surface area contributed by atoms with Gasteiger partial charge in [0, 0.05) is 10.6 Å². The van der Waals surface area contributed by atoms with Crippen molar-refractivity contribution >= 4 is 40.3 Å². The maximum absolute atomic E-state index is 11.5. The highest BCUT2D eigenvalue weighted by molar-refractivity contribution is 8.00. The van der Waals surface area contributed by atoms with Gasteiger partial charge in [0.2, 0.25) is 0 Å². The number of aromatic amines is 2. The van der Waals surface area contributed by atoms with Crippen molar-refractivity contribution in [2.24, 2.45) is 0 Å². The summed E-state index contributed by atoms with van der Waals surface area (Å²) in [5, 5.41) is 8.23. The Hall–Kier alpha value is -3.04. The molecule has 2 heterocycles. The van der Waals surface area contributed by atoms with Gasteiger partial charge in [0.05, 0.1) is 34.1 Å². The van der Waals surface area contributed by atoms with Gasteiger partial charge < -0.3 is 14.7 Å². The largest absolute Gasteiger partial charge is 0.326 e. The van der Waals surface area contributed by atoms with Gasteiger partial charge in [-0.3, -0.25) is 9.59 Å². The molecule has 0 amide bonds. The summed E-state index contributed by atoms with van der Waals surface area (Å²) in [6.07, 6.45) is 3.30.